The number of hydrogen-bond donors (Lipinski definition) is 3. The summed E-state index contributed by atoms with van der Waals surface area (Å²) < 4.78 is 12.6. The molecule has 0 aromatic heterocycles. The van der Waals surface area contributed by atoms with E-state index in [-0.39, 0.29) is 6.42 Å². The van der Waals surface area contributed by atoms with Gasteiger partial charge in [-0.3, -0.25) is 4.79 Å². The average molecular weight is 354 g/mol. The highest BCUT2D eigenvalue weighted by molar-refractivity contribution is 5.66. The molecule has 4 nitrogen and oxygen atoms in total. The number of carboxylic acid groups (broad SMARTS) is 1. The molecule has 0 saturated heterocycles. The second kappa shape index (κ2) is 15.8. The smallest absolute Gasteiger partial charge is 0.303 e. The van der Waals surface area contributed by atoms with Crippen LogP contribution in [0.1, 0.15) is 51.9 Å². The maximum absolute atomic E-state index is 12.6. The van der Waals surface area contributed by atoms with Crippen LogP contribution >= 0.6 is 0 Å². The number of halogens is 1. The molecule has 0 spiro atoms. The number of rotatable bonds is 14. The number of aliphatic carboxylic acids is 1. The van der Waals surface area contributed by atoms with Crippen LogP contribution in [0.4, 0.5) is 4.39 Å². The summed E-state index contributed by atoms with van der Waals surface area (Å²) in [5, 5.41) is 27.8. The van der Waals surface area contributed by atoms with Crippen LogP contribution in [0.5, 0.6) is 0 Å². The van der Waals surface area contributed by atoms with E-state index >= 15 is 0 Å². The zero-order valence-corrected chi connectivity index (χ0v) is 14.9. The maximum atomic E-state index is 12.6. The highest BCUT2D eigenvalue weighted by Gasteiger charge is 2.01. The third-order valence-electron chi connectivity index (χ3n) is 3.41. The predicted octanol–water partition coefficient (Wildman–Crippen LogP) is 4.11. The Bertz CT molecular complexity index is 453. The van der Waals surface area contributed by atoms with E-state index < -0.39 is 24.3 Å². The van der Waals surface area contributed by atoms with Crippen molar-refractivity contribution in [2.24, 2.45) is 0 Å². The third-order valence-corrected chi connectivity index (χ3v) is 3.41. The minimum absolute atomic E-state index is 0.0603. The molecule has 0 aliphatic carbocycles. The largest absolute Gasteiger partial charge is 0.481 e. The molecule has 3 atom stereocenters. The fraction of sp³-hybridized carbons (Fsp3) is 0.550. The van der Waals surface area contributed by atoms with Gasteiger partial charge in [-0.25, -0.2) is 4.39 Å². The van der Waals surface area contributed by atoms with Gasteiger partial charge in [-0.2, -0.15) is 0 Å². The van der Waals surface area contributed by atoms with E-state index in [1.54, 1.807) is 43.4 Å². The predicted molar refractivity (Wildman–Crippen MR) is 99.1 cm³/mol. The maximum Gasteiger partial charge on any atom is 0.303 e. The molecule has 0 aromatic carbocycles. The average Bonchev–Trinajstić information content (AvgIpc) is 2.53. The molecule has 0 amide bonds. The molecule has 0 fully saturated rings. The molecular formula is C20H31FO4. The zero-order valence-electron chi connectivity index (χ0n) is 14.9. The van der Waals surface area contributed by atoms with Crippen LogP contribution in [0.2, 0.25) is 0 Å². The topological polar surface area (TPSA) is 77.8 Å². The number of allylic oxidation sites excluding steroid dienone is 5. The lowest BCUT2D eigenvalue weighted by atomic mass is 10.1. The van der Waals surface area contributed by atoms with Gasteiger partial charge in [-0.15, -0.1) is 0 Å². The first-order valence-corrected chi connectivity index (χ1v) is 8.80. The number of unbranched alkanes of at least 4 members (excludes halogenated alkanes) is 1. The summed E-state index contributed by atoms with van der Waals surface area (Å²) in [6.07, 6.45) is 15.7. The summed E-state index contributed by atoms with van der Waals surface area (Å²) >= 11 is 0. The van der Waals surface area contributed by atoms with Gasteiger partial charge in [-0.05, 0) is 45.4 Å². The Labute approximate surface area is 150 Å². The molecule has 25 heavy (non-hydrogen) atoms. The van der Waals surface area contributed by atoms with Gasteiger partial charge in [0.05, 0.1) is 18.4 Å². The summed E-state index contributed by atoms with van der Waals surface area (Å²) in [5.41, 5.74) is 0. The Morgan fingerprint density at radius 1 is 0.960 bits per heavy atom. The van der Waals surface area contributed by atoms with Gasteiger partial charge in [-0.1, -0.05) is 48.6 Å². The SMILES string of the molecule is CC(F)CCC/C=C\C[C@@H](O)/C=C/C=C/C=C\[C@@H](O)CCCC(=O)O. The van der Waals surface area contributed by atoms with Crippen LogP contribution in [-0.2, 0) is 4.79 Å². The first-order valence-electron chi connectivity index (χ1n) is 8.80. The highest BCUT2D eigenvalue weighted by atomic mass is 19.1. The lowest BCUT2D eigenvalue weighted by Crippen LogP contribution is -2.03. The van der Waals surface area contributed by atoms with Gasteiger partial charge in [0.15, 0.2) is 0 Å². The Hall–Kier alpha value is -1.72. The van der Waals surface area contributed by atoms with E-state index in [2.05, 4.69) is 0 Å². The summed E-state index contributed by atoms with van der Waals surface area (Å²) in [4.78, 5) is 10.3. The molecule has 142 valence electrons. The van der Waals surface area contributed by atoms with Crippen molar-refractivity contribution in [3.05, 3.63) is 48.6 Å². The molecule has 0 bridgehead atoms. The monoisotopic (exact) mass is 354 g/mol. The van der Waals surface area contributed by atoms with Gasteiger partial charge >= 0.3 is 5.97 Å². The molecular weight excluding hydrogens is 323 g/mol. The lowest BCUT2D eigenvalue weighted by Gasteiger charge is -2.02. The van der Waals surface area contributed by atoms with Gasteiger partial charge in [0.2, 0.25) is 0 Å². The molecule has 0 aromatic rings. The second-order valence-corrected chi connectivity index (χ2v) is 5.99. The molecule has 0 saturated carbocycles. The molecule has 0 rings (SSSR count). The first kappa shape index (κ1) is 23.3. The number of aliphatic hydroxyl groups is 2. The summed E-state index contributed by atoms with van der Waals surface area (Å²) in [6, 6.07) is 0. The van der Waals surface area contributed by atoms with E-state index in [4.69, 9.17) is 5.11 Å². The standard InChI is InChI=1S/C20H31FO4/c1-17(21)11-6-2-3-7-12-18(22)13-8-4-5-9-14-19(23)15-10-16-20(24)25/h3-5,7-9,13-14,17-19,22-23H,2,6,10-12,15-16H2,1H3,(H,24,25)/b5-4+,7-3-,13-8+,14-9-/t17?,18-,19-/m1/s1. The van der Waals surface area contributed by atoms with Gasteiger partial charge in [0, 0.05) is 6.42 Å². The molecule has 1 unspecified atom stereocenters. The van der Waals surface area contributed by atoms with Crippen molar-refractivity contribution in [2.45, 2.75) is 70.2 Å². The van der Waals surface area contributed by atoms with Crippen LogP contribution in [0.25, 0.3) is 0 Å². The first-order chi connectivity index (χ1) is 11.9. The fourth-order valence-corrected chi connectivity index (χ4v) is 2.02. The number of carbonyl (C=O) groups is 1. The molecule has 0 radical (unpaired) electrons. The molecule has 0 aliphatic rings. The zero-order chi connectivity index (χ0) is 18.9. The fourth-order valence-electron chi connectivity index (χ4n) is 2.02. The van der Waals surface area contributed by atoms with Gasteiger partial charge in [0.1, 0.15) is 0 Å². The van der Waals surface area contributed by atoms with E-state index in [1.165, 1.54) is 0 Å². The van der Waals surface area contributed by atoms with Crippen LogP contribution < -0.4 is 0 Å². The summed E-state index contributed by atoms with van der Waals surface area (Å²) in [5.74, 6) is -0.857. The molecule has 0 aliphatic heterocycles. The Balaban J connectivity index is 3.82. The summed E-state index contributed by atoms with van der Waals surface area (Å²) in [7, 11) is 0. The van der Waals surface area contributed by atoms with E-state index in [0.717, 1.165) is 12.8 Å². The van der Waals surface area contributed by atoms with Crippen molar-refractivity contribution in [1.29, 1.82) is 0 Å². The van der Waals surface area contributed by atoms with Crippen molar-refractivity contribution in [3.8, 4) is 0 Å². The summed E-state index contributed by atoms with van der Waals surface area (Å²) in [6.45, 7) is 1.56. The van der Waals surface area contributed by atoms with Crippen molar-refractivity contribution >= 4 is 5.97 Å². The molecule has 5 heteroatoms. The van der Waals surface area contributed by atoms with Crippen LogP contribution in [0, 0.1) is 0 Å². The molecule has 0 heterocycles. The van der Waals surface area contributed by atoms with Crippen LogP contribution in [-0.4, -0.2) is 39.7 Å². The van der Waals surface area contributed by atoms with Crippen molar-refractivity contribution in [2.75, 3.05) is 0 Å². The number of hydrogen-bond acceptors (Lipinski definition) is 3. The van der Waals surface area contributed by atoms with E-state index in [9.17, 15) is 19.4 Å². The van der Waals surface area contributed by atoms with Crippen molar-refractivity contribution in [3.63, 3.8) is 0 Å². The molecule has 3 N–H and O–H groups in total. The number of carboxylic acids is 1. The van der Waals surface area contributed by atoms with Crippen LogP contribution in [0.15, 0.2) is 48.6 Å². The second-order valence-electron chi connectivity index (χ2n) is 5.99. The van der Waals surface area contributed by atoms with Gasteiger partial charge < -0.3 is 15.3 Å². The van der Waals surface area contributed by atoms with Gasteiger partial charge in [0.25, 0.3) is 0 Å². The normalized spacial score (nSPS) is 16.3. The van der Waals surface area contributed by atoms with E-state index in [1.807, 2.05) is 12.2 Å². The Morgan fingerprint density at radius 2 is 1.60 bits per heavy atom. The van der Waals surface area contributed by atoms with Crippen molar-refractivity contribution in [1.82, 2.24) is 0 Å². The Morgan fingerprint density at radius 3 is 2.20 bits per heavy atom. The lowest BCUT2D eigenvalue weighted by molar-refractivity contribution is -0.137. The highest BCUT2D eigenvalue weighted by Crippen LogP contribution is 2.05. The van der Waals surface area contributed by atoms with Crippen LogP contribution in [0.3, 0.4) is 0 Å². The minimum atomic E-state index is -0.857. The Kier molecular flexibility index (Phi) is 14.7. The van der Waals surface area contributed by atoms with E-state index in [0.29, 0.717) is 25.7 Å². The minimum Gasteiger partial charge on any atom is -0.481 e. The number of alkyl halides is 1. The third kappa shape index (κ3) is 18.5. The quantitative estimate of drug-likeness (QED) is 0.249. The number of aliphatic hydroxyl groups excluding tert-OH is 2. The van der Waals surface area contributed by atoms with Crippen molar-refractivity contribution < 1.29 is 24.5 Å².